The molecule has 0 aliphatic heterocycles. The van der Waals surface area contributed by atoms with Gasteiger partial charge in [0.05, 0.1) is 24.7 Å². The monoisotopic (exact) mass is 400 g/mol. The molecule has 1 heterocycles. The van der Waals surface area contributed by atoms with Crippen LogP contribution in [0.2, 0.25) is 0 Å². The van der Waals surface area contributed by atoms with Crippen molar-refractivity contribution in [1.82, 2.24) is 4.98 Å². The van der Waals surface area contributed by atoms with Crippen LogP contribution in [0, 0.1) is 0 Å². The maximum atomic E-state index is 12.3. The van der Waals surface area contributed by atoms with Crippen LogP contribution >= 0.6 is 0 Å². The highest BCUT2D eigenvalue weighted by Gasteiger charge is 2.11. The third-order valence-electron chi connectivity index (χ3n) is 4.63. The fourth-order valence-electron chi connectivity index (χ4n) is 2.96. The number of hydrogen-bond acceptors (Lipinski definition) is 4. The van der Waals surface area contributed by atoms with Gasteiger partial charge in [-0.2, -0.15) is 0 Å². The Morgan fingerprint density at radius 2 is 1.83 bits per heavy atom. The molecule has 0 unspecified atom stereocenters. The van der Waals surface area contributed by atoms with E-state index in [0.717, 1.165) is 22.4 Å². The molecule has 0 aliphatic carbocycles. The van der Waals surface area contributed by atoms with E-state index < -0.39 is 0 Å². The van der Waals surface area contributed by atoms with Crippen molar-refractivity contribution in [2.24, 2.45) is 0 Å². The second-order valence-corrected chi connectivity index (χ2v) is 6.52. The van der Waals surface area contributed by atoms with Gasteiger partial charge in [0.25, 0.3) is 0 Å². The van der Waals surface area contributed by atoms with Gasteiger partial charge in [0, 0.05) is 24.5 Å². The molecular weight excluding hydrogens is 376 g/mol. The molecule has 3 aromatic rings. The number of methoxy groups -OCH3 is 1. The number of nitrogens with one attached hydrogen (secondary N) is 2. The van der Waals surface area contributed by atoms with E-state index in [2.05, 4.69) is 28.8 Å². The molecule has 1 aromatic heterocycles. The summed E-state index contributed by atoms with van der Waals surface area (Å²) in [6.07, 6.45) is 5.24. The van der Waals surface area contributed by atoms with E-state index >= 15 is 0 Å². The van der Waals surface area contributed by atoms with Crippen molar-refractivity contribution in [3.8, 4) is 5.75 Å². The molecule has 2 N–H and O–H groups in total. The third kappa shape index (κ3) is 4.67. The highest BCUT2D eigenvalue weighted by Crippen LogP contribution is 2.30. The van der Waals surface area contributed by atoms with Crippen LogP contribution in [0.5, 0.6) is 5.75 Å². The maximum Gasteiger partial charge on any atom is 0.323 e. The van der Waals surface area contributed by atoms with Crippen molar-refractivity contribution in [3.63, 3.8) is 0 Å². The first-order chi connectivity index (χ1) is 14.5. The highest BCUT2D eigenvalue weighted by molar-refractivity contribution is 6.00. The lowest BCUT2D eigenvalue weighted by atomic mass is 9.98. The first-order valence-electron chi connectivity index (χ1n) is 9.33. The number of ether oxygens (including phenoxy) is 1. The van der Waals surface area contributed by atoms with E-state index in [1.807, 2.05) is 54.4 Å². The summed E-state index contributed by atoms with van der Waals surface area (Å²) < 4.78 is 5.25. The number of urea groups is 1. The molecule has 0 saturated heterocycles. The summed E-state index contributed by atoms with van der Waals surface area (Å²) >= 11 is 0. The quantitative estimate of drug-likeness (QED) is 0.559. The van der Waals surface area contributed by atoms with E-state index in [4.69, 9.17) is 4.74 Å². The Bertz CT molecular complexity index is 1060. The molecule has 152 valence electrons. The van der Waals surface area contributed by atoms with Crippen LogP contribution in [0.25, 0.3) is 5.57 Å². The van der Waals surface area contributed by atoms with E-state index in [9.17, 15) is 4.79 Å². The molecule has 0 fully saturated rings. The van der Waals surface area contributed by atoms with E-state index in [-0.39, 0.29) is 6.03 Å². The van der Waals surface area contributed by atoms with Gasteiger partial charge in [-0.3, -0.25) is 4.98 Å². The molecule has 0 radical (unpaired) electrons. The average molecular weight is 400 g/mol. The van der Waals surface area contributed by atoms with Gasteiger partial charge in [0.2, 0.25) is 0 Å². The minimum absolute atomic E-state index is 0.352. The zero-order valence-electron chi connectivity index (χ0n) is 17.1. The topological polar surface area (TPSA) is 66.5 Å². The molecule has 2 aromatic carbocycles. The standard InChI is InChI=1S/C24H24N4O2/c1-5-28(3)22-16-25-15-14-20(22)17(2)18-10-12-19(13-11-18)26-24(29)27-21-8-6-7-9-23(21)30-4/h5-16H,1-2H2,3-4H3,(H2,26,27,29). The molecule has 0 bridgehead atoms. The van der Waals surface area contributed by atoms with Gasteiger partial charge in [0.15, 0.2) is 0 Å². The smallest absolute Gasteiger partial charge is 0.323 e. The second kappa shape index (κ2) is 9.43. The minimum atomic E-state index is -0.352. The number of anilines is 3. The first-order valence-corrected chi connectivity index (χ1v) is 9.33. The molecule has 0 atom stereocenters. The molecule has 6 heteroatoms. The lowest BCUT2D eigenvalue weighted by molar-refractivity contribution is 0.262. The normalized spacial score (nSPS) is 10.1. The van der Waals surface area contributed by atoms with Crippen LogP contribution in [0.4, 0.5) is 21.9 Å². The average Bonchev–Trinajstić information content (AvgIpc) is 2.79. The van der Waals surface area contributed by atoms with E-state index in [0.29, 0.717) is 17.1 Å². The van der Waals surface area contributed by atoms with Crippen LogP contribution < -0.4 is 20.3 Å². The van der Waals surface area contributed by atoms with Crippen molar-refractivity contribution in [2.45, 2.75) is 0 Å². The number of pyridine rings is 1. The first kappa shape index (κ1) is 20.7. The van der Waals surface area contributed by atoms with Gasteiger partial charge in [-0.1, -0.05) is 37.4 Å². The van der Waals surface area contributed by atoms with Crippen molar-refractivity contribution in [1.29, 1.82) is 0 Å². The Morgan fingerprint density at radius 1 is 1.10 bits per heavy atom. The largest absolute Gasteiger partial charge is 0.495 e. The molecule has 0 spiro atoms. The molecular formula is C24H24N4O2. The van der Waals surface area contributed by atoms with Crippen LogP contribution in [0.1, 0.15) is 11.1 Å². The molecule has 3 rings (SSSR count). The van der Waals surface area contributed by atoms with Gasteiger partial charge >= 0.3 is 6.03 Å². The SMILES string of the molecule is C=CN(C)c1cnccc1C(=C)c1ccc(NC(=O)Nc2ccccc2OC)cc1. The number of para-hydroxylation sites is 2. The predicted molar refractivity (Wildman–Crippen MR) is 123 cm³/mol. The van der Waals surface area contributed by atoms with Crippen LogP contribution in [-0.4, -0.2) is 25.2 Å². The summed E-state index contributed by atoms with van der Waals surface area (Å²) in [7, 11) is 3.47. The Hall–Kier alpha value is -4.06. The Morgan fingerprint density at radius 3 is 2.53 bits per heavy atom. The molecule has 2 amide bonds. The summed E-state index contributed by atoms with van der Waals surface area (Å²) in [4.78, 5) is 18.4. The lowest BCUT2D eigenvalue weighted by Gasteiger charge is -2.19. The number of aromatic nitrogens is 1. The third-order valence-corrected chi connectivity index (χ3v) is 4.63. The number of carbonyl (C=O) groups is 1. The minimum Gasteiger partial charge on any atom is -0.495 e. The number of carbonyl (C=O) groups excluding carboxylic acids is 1. The van der Waals surface area contributed by atoms with Crippen molar-refractivity contribution < 1.29 is 9.53 Å². The molecule has 30 heavy (non-hydrogen) atoms. The molecule has 0 aliphatic rings. The summed E-state index contributed by atoms with van der Waals surface area (Å²) in [5.41, 5.74) is 4.93. The fraction of sp³-hybridized carbons (Fsp3) is 0.0833. The van der Waals surface area contributed by atoms with Crippen LogP contribution in [-0.2, 0) is 0 Å². The molecule has 0 saturated carbocycles. The number of nitrogens with zero attached hydrogens (tertiary/aromatic N) is 2. The summed E-state index contributed by atoms with van der Waals surface area (Å²) in [5.74, 6) is 0.594. The lowest BCUT2D eigenvalue weighted by Crippen LogP contribution is -2.19. The van der Waals surface area contributed by atoms with E-state index in [1.165, 1.54) is 0 Å². The number of rotatable bonds is 7. The summed E-state index contributed by atoms with van der Waals surface area (Å²) in [5, 5.41) is 5.60. The van der Waals surface area contributed by atoms with Gasteiger partial charge in [0.1, 0.15) is 5.75 Å². The second-order valence-electron chi connectivity index (χ2n) is 6.52. The van der Waals surface area contributed by atoms with E-state index in [1.54, 1.807) is 37.8 Å². The van der Waals surface area contributed by atoms with Crippen molar-refractivity contribution >= 4 is 28.7 Å². The number of hydrogen-bond donors (Lipinski definition) is 2. The van der Waals surface area contributed by atoms with Crippen molar-refractivity contribution in [3.05, 3.63) is 97.5 Å². The zero-order chi connectivity index (χ0) is 21.5. The summed E-state index contributed by atoms with van der Waals surface area (Å²) in [6, 6.07) is 16.3. The number of amides is 2. The van der Waals surface area contributed by atoms with Gasteiger partial charge in [-0.15, -0.1) is 0 Å². The zero-order valence-corrected chi connectivity index (χ0v) is 17.1. The van der Waals surface area contributed by atoms with Crippen LogP contribution in [0.3, 0.4) is 0 Å². The predicted octanol–water partition coefficient (Wildman–Crippen LogP) is 5.38. The Kier molecular flexibility index (Phi) is 6.49. The van der Waals surface area contributed by atoms with Gasteiger partial charge in [-0.25, -0.2) is 4.79 Å². The van der Waals surface area contributed by atoms with Gasteiger partial charge < -0.3 is 20.3 Å². The highest BCUT2D eigenvalue weighted by atomic mass is 16.5. The molecule has 6 nitrogen and oxygen atoms in total. The van der Waals surface area contributed by atoms with Gasteiger partial charge in [-0.05, 0) is 47.7 Å². The summed E-state index contributed by atoms with van der Waals surface area (Å²) in [6.45, 7) is 8.04. The number of benzene rings is 2. The fourth-order valence-corrected chi connectivity index (χ4v) is 2.96. The maximum absolute atomic E-state index is 12.3. The Labute approximate surface area is 176 Å². The Balaban J connectivity index is 1.72. The van der Waals surface area contributed by atoms with Crippen LogP contribution in [0.15, 0.2) is 86.3 Å². The van der Waals surface area contributed by atoms with Crippen molar-refractivity contribution in [2.75, 3.05) is 29.7 Å².